The van der Waals surface area contributed by atoms with Crippen LogP contribution in [0.3, 0.4) is 0 Å². The number of hydrogen-bond donors (Lipinski definition) is 5. The van der Waals surface area contributed by atoms with E-state index >= 15 is 0 Å². The van der Waals surface area contributed by atoms with E-state index in [4.69, 9.17) is 30.5 Å². The molecule has 7 rings (SSSR count). The van der Waals surface area contributed by atoms with Gasteiger partial charge in [-0.3, -0.25) is 24.5 Å². The summed E-state index contributed by atoms with van der Waals surface area (Å²) >= 11 is 0. The lowest BCUT2D eigenvalue weighted by atomic mass is 9.89. The van der Waals surface area contributed by atoms with Gasteiger partial charge in [-0.25, -0.2) is 9.97 Å². The summed E-state index contributed by atoms with van der Waals surface area (Å²) in [5, 5.41) is 24.4. The third-order valence-electron chi connectivity index (χ3n) is 9.04. The Balaban J connectivity index is 0.000000510. The molecule has 0 bridgehead atoms. The van der Waals surface area contributed by atoms with Gasteiger partial charge in [-0.2, -0.15) is 0 Å². The number of H-pyrrole nitrogens is 1. The molecule has 4 heterocycles. The number of carboxylic acid groups (broad SMARTS) is 2. The van der Waals surface area contributed by atoms with Gasteiger partial charge in [-0.05, 0) is 74.5 Å². The molecule has 0 atom stereocenters. The molecule has 2 aromatic heterocycles. The number of carboxylic acids is 2. The molecule has 1 saturated carbocycles. The number of para-hydroxylation sites is 1. The fourth-order valence-electron chi connectivity index (χ4n) is 6.72. The SMILES string of the molecule is CC(=O)O.CC(=O)O.CN1CCN(C2CCC(N3c4ncnc(N)c4CN3c3ccc(NCc4cc5ccccc5[nH]4)cc3)CC2)CC1. The van der Waals surface area contributed by atoms with Gasteiger partial charge in [0.05, 0.1) is 30.4 Å². The molecule has 0 spiro atoms. The van der Waals surface area contributed by atoms with Crippen molar-refractivity contribution in [1.29, 1.82) is 0 Å². The highest BCUT2D eigenvalue weighted by molar-refractivity contribution is 5.80. The van der Waals surface area contributed by atoms with Crippen LogP contribution < -0.4 is 21.1 Å². The fraction of sp³-hybridized carbons (Fsp3) is 0.429. The van der Waals surface area contributed by atoms with Crippen LogP contribution in [0.25, 0.3) is 10.9 Å². The Morgan fingerprint density at radius 2 is 1.54 bits per heavy atom. The van der Waals surface area contributed by atoms with Crippen LogP contribution in [0.2, 0.25) is 0 Å². The lowest BCUT2D eigenvalue weighted by Crippen LogP contribution is -2.53. The number of likely N-dealkylation sites (N-methyl/N-ethyl adjacent to an activating group) is 1. The van der Waals surface area contributed by atoms with Gasteiger partial charge in [-0.15, -0.1) is 0 Å². The van der Waals surface area contributed by atoms with Crippen LogP contribution in [0.1, 0.15) is 50.8 Å². The molecule has 3 aliphatic rings. The average molecular weight is 658 g/mol. The molecule has 13 nitrogen and oxygen atoms in total. The second-order valence-corrected chi connectivity index (χ2v) is 12.6. The summed E-state index contributed by atoms with van der Waals surface area (Å²) < 4.78 is 0. The molecule has 1 aliphatic carbocycles. The average Bonchev–Trinajstić information content (AvgIpc) is 3.67. The number of rotatable bonds is 6. The molecule has 0 amide bonds. The van der Waals surface area contributed by atoms with E-state index in [1.54, 1.807) is 6.33 Å². The highest BCUT2D eigenvalue weighted by Crippen LogP contribution is 2.40. The number of carbonyl (C=O) groups is 2. The normalized spacial score (nSPS) is 19.5. The number of aliphatic carboxylic acids is 2. The van der Waals surface area contributed by atoms with E-state index in [0.717, 1.165) is 56.0 Å². The van der Waals surface area contributed by atoms with Crippen LogP contribution in [-0.4, -0.2) is 92.2 Å². The van der Waals surface area contributed by atoms with Crippen molar-refractivity contribution in [3.05, 3.63) is 72.2 Å². The number of hydrogen-bond acceptors (Lipinski definition) is 10. The van der Waals surface area contributed by atoms with Crippen LogP contribution in [0.5, 0.6) is 0 Å². The molecule has 4 aromatic rings. The number of hydrazine groups is 1. The molecule has 2 aliphatic heterocycles. The smallest absolute Gasteiger partial charge is 0.300 e. The number of nitrogens with zero attached hydrogens (tertiary/aromatic N) is 6. The predicted octanol–water partition coefficient (Wildman–Crippen LogP) is 4.63. The topological polar surface area (TPSA) is 167 Å². The van der Waals surface area contributed by atoms with Crippen molar-refractivity contribution in [2.75, 3.05) is 54.3 Å². The van der Waals surface area contributed by atoms with Crippen LogP contribution in [0.4, 0.5) is 23.0 Å². The van der Waals surface area contributed by atoms with E-state index in [2.05, 4.69) is 96.7 Å². The Labute approximate surface area is 281 Å². The van der Waals surface area contributed by atoms with E-state index in [1.807, 2.05) is 0 Å². The molecule has 256 valence electrons. The van der Waals surface area contributed by atoms with E-state index in [9.17, 15) is 0 Å². The number of nitrogen functional groups attached to an aromatic ring is 1. The van der Waals surface area contributed by atoms with E-state index < -0.39 is 11.9 Å². The van der Waals surface area contributed by atoms with Gasteiger partial charge >= 0.3 is 0 Å². The second kappa shape index (κ2) is 15.8. The summed E-state index contributed by atoms with van der Waals surface area (Å²) in [6.45, 7) is 8.34. The summed E-state index contributed by atoms with van der Waals surface area (Å²) in [5.74, 6) is -0.114. The molecule has 0 unspecified atom stereocenters. The largest absolute Gasteiger partial charge is 0.481 e. The maximum absolute atomic E-state index is 9.00. The molecule has 0 radical (unpaired) electrons. The molecule has 13 heteroatoms. The van der Waals surface area contributed by atoms with Crippen LogP contribution in [-0.2, 0) is 22.7 Å². The number of anilines is 4. The number of benzene rings is 2. The summed E-state index contributed by atoms with van der Waals surface area (Å²) in [6.07, 6.45) is 6.37. The Morgan fingerprint density at radius 3 is 2.19 bits per heavy atom. The van der Waals surface area contributed by atoms with Gasteiger partial charge in [0, 0.05) is 63.0 Å². The Kier molecular flexibility index (Phi) is 11.3. The first-order valence-electron chi connectivity index (χ1n) is 16.5. The minimum absolute atomic E-state index is 0.402. The van der Waals surface area contributed by atoms with Crippen molar-refractivity contribution in [1.82, 2.24) is 24.8 Å². The molecule has 2 aromatic carbocycles. The quantitative estimate of drug-likeness (QED) is 0.195. The predicted molar refractivity (Wildman–Crippen MR) is 189 cm³/mol. The molecular weight excluding hydrogens is 610 g/mol. The van der Waals surface area contributed by atoms with Gasteiger partial charge in [-0.1, -0.05) is 18.2 Å². The van der Waals surface area contributed by atoms with Crippen molar-refractivity contribution in [2.24, 2.45) is 0 Å². The standard InChI is InChI=1S/C31H39N9.2C2H4O2/c1-37-14-16-38(17-15-37)25-10-12-27(13-11-25)40-31-28(30(32)34-21-35-31)20-39(40)26-8-6-23(7-9-26)33-19-24-18-22-4-2-3-5-29(22)36-24;2*1-2(3)4/h2-9,18,21,25,27,33,36H,10-17,19-20H2,1H3,(H2,32,34,35);2*1H3,(H,3,4). The van der Waals surface area contributed by atoms with Gasteiger partial charge < -0.3 is 31.1 Å². The lowest BCUT2D eigenvalue weighted by Gasteiger charge is -2.44. The summed E-state index contributed by atoms with van der Waals surface area (Å²) in [7, 11) is 2.23. The van der Waals surface area contributed by atoms with Gasteiger partial charge in [0.1, 0.15) is 12.1 Å². The zero-order valence-electron chi connectivity index (χ0n) is 28.0. The second-order valence-electron chi connectivity index (χ2n) is 12.6. The molecule has 1 saturated heterocycles. The van der Waals surface area contributed by atoms with E-state index in [0.29, 0.717) is 24.4 Å². The highest BCUT2D eigenvalue weighted by atomic mass is 16.4. The minimum atomic E-state index is -0.833. The maximum Gasteiger partial charge on any atom is 0.300 e. The monoisotopic (exact) mass is 657 g/mol. The number of fused-ring (bicyclic) bond motifs is 2. The minimum Gasteiger partial charge on any atom is -0.481 e. The summed E-state index contributed by atoms with van der Waals surface area (Å²) in [4.78, 5) is 35.7. The summed E-state index contributed by atoms with van der Waals surface area (Å²) in [6, 6.07) is 20.4. The van der Waals surface area contributed by atoms with Crippen molar-refractivity contribution in [3.8, 4) is 0 Å². The molecule has 6 N–H and O–H groups in total. The van der Waals surface area contributed by atoms with Gasteiger partial charge in [0.15, 0.2) is 5.82 Å². The lowest BCUT2D eigenvalue weighted by molar-refractivity contribution is -0.135. The Hall–Kier alpha value is -4.88. The van der Waals surface area contributed by atoms with Crippen molar-refractivity contribution in [2.45, 2.75) is 64.7 Å². The van der Waals surface area contributed by atoms with Gasteiger partial charge in [0.2, 0.25) is 0 Å². The van der Waals surface area contributed by atoms with Crippen LogP contribution in [0, 0.1) is 0 Å². The zero-order valence-corrected chi connectivity index (χ0v) is 28.0. The van der Waals surface area contributed by atoms with Crippen LogP contribution in [0.15, 0.2) is 60.9 Å². The first-order valence-corrected chi connectivity index (χ1v) is 16.5. The van der Waals surface area contributed by atoms with Crippen LogP contribution >= 0.6 is 0 Å². The Bertz CT molecular complexity index is 1610. The molecular formula is C35H47N9O4. The van der Waals surface area contributed by atoms with E-state index in [1.165, 1.54) is 55.6 Å². The third kappa shape index (κ3) is 8.72. The fourth-order valence-corrected chi connectivity index (χ4v) is 6.72. The highest BCUT2D eigenvalue weighted by Gasteiger charge is 2.38. The first-order chi connectivity index (χ1) is 23.1. The number of nitrogens with one attached hydrogen (secondary N) is 2. The molecule has 2 fully saturated rings. The Morgan fingerprint density at radius 1 is 0.917 bits per heavy atom. The van der Waals surface area contributed by atoms with E-state index in [-0.39, 0.29) is 0 Å². The number of piperazine rings is 1. The number of aromatic amines is 1. The van der Waals surface area contributed by atoms with Crippen molar-refractivity contribution in [3.63, 3.8) is 0 Å². The number of nitrogens with two attached hydrogens (primary N) is 1. The van der Waals surface area contributed by atoms with Gasteiger partial charge in [0.25, 0.3) is 11.9 Å². The summed E-state index contributed by atoms with van der Waals surface area (Å²) in [5.41, 5.74) is 12.0. The number of aromatic nitrogens is 3. The third-order valence-corrected chi connectivity index (χ3v) is 9.04. The maximum atomic E-state index is 9.00. The van der Waals surface area contributed by atoms with Crippen molar-refractivity contribution < 1.29 is 19.8 Å². The molecule has 48 heavy (non-hydrogen) atoms. The zero-order chi connectivity index (χ0) is 34.2. The van der Waals surface area contributed by atoms with Crippen molar-refractivity contribution >= 4 is 45.9 Å². The first kappa shape index (κ1) is 34.5.